The Morgan fingerprint density at radius 3 is 2.45 bits per heavy atom. The van der Waals surface area contributed by atoms with Crippen LogP contribution in [-0.4, -0.2) is 23.0 Å². The summed E-state index contributed by atoms with van der Waals surface area (Å²) in [6.45, 7) is 5.41. The summed E-state index contributed by atoms with van der Waals surface area (Å²) < 4.78 is 13.6. The first-order valence-corrected chi connectivity index (χ1v) is 6.46. The summed E-state index contributed by atoms with van der Waals surface area (Å²) in [6, 6.07) is 3.11. The van der Waals surface area contributed by atoms with Crippen LogP contribution in [-0.2, 0) is 4.79 Å². The molecule has 0 saturated heterocycles. The maximum absolute atomic E-state index is 13.6. The van der Waals surface area contributed by atoms with E-state index in [0.29, 0.717) is 0 Å². The van der Waals surface area contributed by atoms with Gasteiger partial charge in [0.2, 0.25) is 0 Å². The molecule has 2 N–H and O–H groups in total. The van der Waals surface area contributed by atoms with E-state index in [-0.39, 0.29) is 17.0 Å². The molecule has 4 nitrogen and oxygen atoms in total. The number of carboxylic acid groups (broad SMARTS) is 1. The first kappa shape index (κ1) is 16.4. The van der Waals surface area contributed by atoms with Crippen molar-refractivity contribution in [1.29, 1.82) is 0 Å². The van der Waals surface area contributed by atoms with Crippen LogP contribution in [0.15, 0.2) is 18.2 Å². The number of hydrogen-bond acceptors (Lipinski definition) is 2. The number of amides is 1. The van der Waals surface area contributed by atoms with Crippen molar-refractivity contribution in [3.05, 3.63) is 34.6 Å². The summed E-state index contributed by atoms with van der Waals surface area (Å²) in [4.78, 5) is 22.9. The number of aliphatic carboxylic acids is 1. The number of halogens is 2. The predicted molar refractivity (Wildman–Crippen MR) is 74.4 cm³/mol. The fourth-order valence-corrected chi connectivity index (χ4v) is 1.82. The van der Waals surface area contributed by atoms with Crippen molar-refractivity contribution in [2.75, 3.05) is 0 Å². The lowest BCUT2D eigenvalue weighted by Gasteiger charge is -2.30. The molecule has 1 aromatic rings. The maximum atomic E-state index is 13.6. The van der Waals surface area contributed by atoms with Crippen LogP contribution in [0.3, 0.4) is 0 Å². The summed E-state index contributed by atoms with van der Waals surface area (Å²) in [5.41, 5.74) is -0.620. The number of carbonyl (C=O) groups excluding carboxylic acids is 1. The zero-order chi connectivity index (χ0) is 15.5. The topological polar surface area (TPSA) is 66.4 Å². The van der Waals surface area contributed by atoms with Gasteiger partial charge < -0.3 is 10.4 Å². The molecule has 0 bridgehead atoms. The van der Waals surface area contributed by atoms with Crippen molar-refractivity contribution in [3.8, 4) is 0 Å². The monoisotopic (exact) mass is 301 g/mol. The minimum Gasteiger partial charge on any atom is -0.481 e. The van der Waals surface area contributed by atoms with E-state index in [1.54, 1.807) is 20.8 Å². The molecular formula is C14H17ClFNO3. The smallest absolute Gasteiger partial charge is 0.305 e. The molecule has 20 heavy (non-hydrogen) atoms. The van der Waals surface area contributed by atoms with Crippen LogP contribution in [0.5, 0.6) is 0 Å². The Bertz CT molecular complexity index is 526. The van der Waals surface area contributed by atoms with Crippen molar-refractivity contribution in [3.63, 3.8) is 0 Å². The van der Waals surface area contributed by atoms with Gasteiger partial charge in [-0.2, -0.15) is 0 Å². The lowest BCUT2D eigenvalue weighted by molar-refractivity contribution is -0.138. The second-order valence-electron chi connectivity index (χ2n) is 5.61. The van der Waals surface area contributed by atoms with E-state index in [1.807, 2.05) is 0 Å². The predicted octanol–water partition coefficient (Wildman–Crippen LogP) is 3.10. The van der Waals surface area contributed by atoms with Crippen molar-refractivity contribution in [2.24, 2.45) is 5.41 Å². The molecule has 1 atom stereocenters. The number of rotatable bonds is 4. The van der Waals surface area contributed by atoms with Gasteiger partial charge in [-0.25, -0.2) is 4.39 Å². The minimum atomic E-state index is -1.03. The van der Waals surface area contributed by atoms with Gasteiger partial charge in [0.25, 0.3) is 5.91 Å². The van der Waals surface area contributed by atoms with Crippen molar-refractivity contribution >= 4 is 23.5 Å². The van der Waals surface area contributed by atoms with Crippen molar-refractivity contribution in [2.45, 2.75) is 33.2 Å². The maximum Gasteiger partial charge on any atom is 0.305 e. The summed E-state index contributed by atoms with van der Waals surface area (Å²) in [5.74, 6) is -2.42. The average Bonchev–Trinajstić information content (AvgIpc) is 2.25. The third kappa shape index (κ3) is 4.49. The van der Waals surface area contributed by atoms with E-state index in [9.17, 15) is 14.0 Å². The van der Waals surface area contributed by atoms with Gasteiger partial charge in [-0.3, -0.25) is 9.59 Å². The van der Waals surface area contributed by atoms with Gasteiger partial charge in [-0.05, 0) is 23.6 Å². The first-order chi connectivity index (χ1) is 9.11. The summed E-state index contributed by atoms with van der Waals surface area (Å²) in [7, 11) is 0. The molecule has 0 fully saturated rings. The summed E-state index contributed by atoms with van der Waals surface area (Å²) in [6.07, 6.45) is -0.232. The number of hydrogen-bond donors (Lipinski definition) is 2. The van der Waals surface area contributed by atoms with Crippen molar-refractivity contribution in [1.82, 2.24) is 5.32 Å². The lowest BCUT2D eigenvalue weighted by atomic mass is 9.84. The second-order valence-corrected chi connectivity index (χ2v) is 6.05. The van der Waals surface area contributed by atoms with Crippen LogP contribution in [0.25, 0.3) is 0 Å². The van der Waals surface area contributed by atoms with Gasteiger partial charge in [0.1, 0.15) is 5.82 Å². The highest BCUT2D eigenvalue weighted by Gasteiger charge is 2.29. The van der Waals surface area contributed by atoms with Crippen LogP contribution in [0, 0.1) is 11.2 Å². The molecular weight excluding hydrogens is 285 g/mol. The zero-order valence-corrected chi connectivity index (χ0v) is 12.3. The molecule has 1 aromatic carbocycles. The Morgan fingerprint density at radius 1 is 1.40 bits per heavy atom. The van der Waals surface area contributed by atoms with Crippen LogP contribution < -0.4 is 5.32 Å². The molecule has 0 aliphatic heterocycles. The molecule has 0 heterocycles. The Hall–Kier alpha value is -1.62. The zero-order valence-electron chi connectivity index (χ0n) is 11.5. The highest BCUT2D eigenvalue weighted by atomic mass is 35.5. The standard InChI is InChI=1S/C14H17ClFNO3/c1-14(2,3)11(7-12(18)19)17-13(20)9-5-4-8(15)6-10(9)16/h4-6,11H,7H2,1-3H3,(H,17,20)(H,18,19). The van der Waals surface area contributed by atoms with Crippen LogP contribution in [0.4, 0.5) is 4.39 Å². The highest BCUT2D eigenvalue weighted by molar-refractivity contribution is 6.30. The van der Waals surface area contributed by atoms with Crippen molar-refractivity contribution < 1.29 is 19.1 Å². The fourth-order valence-electron chi connectivity index (χ4n) is 1.66. The van der Waals surface area contributed by atoms with Gasteiger partial charge in [-0.1, -0.05) is 32.4 Å². The van der Waals surface area contributed by atoms with Gasteiger partial charge in [0, 0.05) is 11.1 Å². The van der Waals surface area contributed by atoms with Gasteiger partial charge in [0.05, 0.1) is 12.0 Å². The lowest BCUT2D eigenvalue weighted by Crippen LogP contribution is -2.45. The molecule has 6 heteroatoms. The number of carbonyl (C=O) groups is 2. The second kappa shape index (κ2) is 6.22. The molecule has 0 saturated carbocycles. The third-order valence-corrected chi connectivity index (χ3v) is 3.14. The molecule has 110 valence electrons. The number of nitrogens with one attached hydrogen (secondary N) is 1. The number of benzene rings is 1. The molecule has 0 radical (unpaired) electrons. The Balaban J connectivity index is 2.93. The molecule has 0 spiro atoms. The average molecular weight is 302 g/mol. The molecule has 0 aliphatic carbocycles. The fraction of sp³-hybridized carbons (Fsp3) is 0.429. The molecule has 1 rings (SSSR count). The van der Waals surface area contributed by atoms with Gasteiger partial charge >= 0.3 is 5.97 Å². The molecule has 0 aliphatic rings. The molecule has 1 unspecified atom stereocenters. The van der Waals surface area contributed by atoms with E-state index >= 15 is 0 Å². The van der Waals surface area contributed by atoms with E-state index in [2.05, 4.69) is 5.32 Å². The highest BCUT2D eigenvalue weighted by Crippen LogP contribution is 2.23. The molecule has 0 aromatic heterocycles. The van der Waals surface area contributed by atoms with Crippen LogP contribution in [0.2, 0.25) is 5.02 Å². The quantitative estimate of drug-likeness (QED) is 0.898. The Morgan fingerprint density at radius 2 is 2.00 bits per heavy atom. The minimum absolute atomic E-state index is 0.158. The normalized spacial score (nSPS) is 12.8. The van der Waals surface area contributed by atoms with Gasteiger partial charge in [-0.15, -0.1) is 0 Å². The SMILES string of the molecule is CC(C)(C)C(CC(=O)O)NC(=O)c1ccc(Cl)cc1F. The first-order valence-electron chi connectivity index (χ1n) is 6.09. The van der Waals surface area contributed by atoms with E-state index in [1.165, 1.54) is 12.1 Å². The Kier molecular flexibility index (Phi) is 5.11. The van der Waals surface area contributed by atoms with E-state index < -0.39 is 29.2 Å². The Labute approximate surface area is 121 Å². The van der Waals surface area contributed by atoms with Crippen LogP contribution >= 0.6 is 11.6 Å². The number of carboxylic acids is 1. The summed E-state index contributed by atoms with van der Waals surface area (Å²) in [5, 5.41) is 11.6. The third-order valence-electron chi connectivity index (χ3n) is 2.91. The van der Waals surface area contributed by atoms with E-state index in [4.69, 9.17) is 16.7 Å². The summed E-state index contributed by atoms with van der Waals surface area (Å²) >= 11 is 5.62. The van der Waals surface area contributed by atoms with Gasteiger partial charge in [0.15, 0.2) is 0 Å². The largest absolute Gasteiger partial charge is 0.481 e. The molecule has 1 amide bonds. The van der Waals surface area contributed by atoms with Crippen LogP contribution in [0.1, 0.15) is 37.6 Å². The van der Waals surface area contributed by atoms with E-state index in [0.717, 1.165) is 6.07 Å².